The number of piperidine rings is 1. The normalized spacial score (nSPS) is 23.1. The zero-order valence-corrected chi connectivity index (χ0v) is 16.4. The van der Waals surface area contributed by atoms with Gasteiger partial charge in [0.05, 0.1) is 16.6 Å². The summed E-state index contributed by atoms with van der Waals surface area (Å²) in [5.74, 6) is 0.612. The molecular formula is C19H27ClN4O2. The number of amides is 1. The van der Waals surface area contributed by atoms with E-state index in [1.807, 2.05) is 6.07 Å². The standard InChI is InChI=1S/C19H26N4O2.ClH/c1-10(2)17-16-14(18(24)21-13-6-7-20-11(3)8-13)9-15(12-4-5-12)22-19(16)25-23-17;/h9-13,20H,4-8H2,1-3H3,(H,21,24);1H. The molecule has 1 saturated carbocycles. The topological polar surface area (TPSA) is 80.1 Å². The van der Waals surface area contributed by atoms with Gasteiger partial charge < -0.3 is 15.2 Å². The van der Waals surface area contributed by atoms with Gasteiger partial charge in [0.25, 0.3) is 11.6 Å². The molecule has 2 atom stereocenters. The molecule has 142 valence electrons. The second kappa shape index (κ2) is 7.53. The molecule has 1 saturated heterocycles. The highest BCUT2D eigenvalue weighted by Gasteiger charge is 2.30. The summed E-state index contributed by atoms with van der Waals surface area (Å²) in [4.78, 5) is 17.7. The van der Waals surface area contributed by atoms with E-state index in [2.05, 4.69) is 41.5 Å². The minimum Gasteiger partial charge on any atom is -0.349 e. The summed E-state index contributed by atoms with van der Waals surface area (Å²) in [5, 5.41) is 11.6. The molecule has 2 aromatic heterocycles. The highest BCUT2D eigenvalue weighted by atomic mass is 35.5. The first-order valence-electron chi connectivity index (χ1n) is 9.37. The molecule has 0 radical (unpaired) electrons. The fourth-order valence-electron chi connectivity index (χ4n) is 3.68. The van der Waals surface area contributed by atoms with E-state index in [9.17, 15) is 4.79 Å². The van der Waals surface area contributed by atoms with Gasteiger partial charge in [-0.25, -0.2) is 4.98 Å². The average molecular weight is 379 g/mol. The lowest BCUT2D eigenvalue weighted by Gasteiger charge is -2.28. The first-order chi connectivity index (χ1) is 12.0. The van der Waals surface area contributed by atoms with Crippen LogP contribution in [0.5, 0.6) is 0 Å². The zero-order valence-electron chi connectivity index (χ0n) is 15.5. The largest absolute Gasteiger partial charge is 0.349 e. The summed E-state index contributed by atoms with van der Waals surface area (Å²) in [6.45, 7) is 7.21. The lowest BCUT2D eigenvalue weighted by Crippen LogP contribution is -2.46. The Hall–Kier alpha value is -1.66. The van der Waals surface area contributed by atoms with Crippen molar-refractivity contribution in [3.05, 3.63) is 23.0 Å². The number of hydrogen-bond donors (Lipinski definition) is 2. The lowest BCUT2D eigenvalue weighted by molar-refractivity contribution is 0.0927. The van der Waals surface area contributed by atoms with Crippen LogP contribution in [0.3, 0.4) is 0 Å². The van der Waals surface area contributed by atoms with Crippen LogP contribution < -0.4 is 10.6 Å². The van der Waals surface area contributed by atoms with E-state index in [1.165, 1.54) is 0 Å². The molecule has 2 unspecified atom stereocenters. The number of pyridine rings is 1. The number of halogens is 1. The number of carbonyl (C=O) groups excluding carboxylic acids is 1. The number of nitrogens with zero attached hydrogens (tertiary/aromatic N) is 2. The van der Waals surface area contributed by atoms with Crippen molar-refractivity contribution >= 4 is 29.4 Å². The van der Waals surface area contributed by atoms with E-state index in [0.29, 0.717) is 23.2 Å². The number of hydrogen-bond acceptors (Lipinski definition) is 5. The van der Waals surface area contributed by atoms with E-state index in [4.69, 9.17) is 4.52 Å². The van der Waals surface area contributed by atoms with Gasteiger partial charge in [-0.1, -0.05) is 19.0 Å². The fourth-order valence-corrected chi connectivity index (χ4v) is 3.68. The minimum absolute atomic E-state index is 0. The van der Waals surface area contributed by atoms with Crippen LogP contribution in [0, 0.1) is 0 Å². The molecule has 26 heavy (non-hydrogen) atoms. The van der Waals surface area contributed by atoms with E-state index in [-0.39, 0.29) is 30.3 Å². The number of fused-ring (bicyclic) bond motifs is 1. The van der Waals surface area contributed by atoms with Crippen LogP contribution >= 0.6 is 12.4 Å². The number of carbonyl (C=O) groups is 1. The Morgan fingerprint density at radius 2 is 2.12 bits per heavy atom. The van der Waals surface area contributed by atoms with Gasteiger partial charge in [0.2, 0.25) is 0 Å². The van der Waals surface area contributed by atoms with E-state index in [1.54, 1.807) is 0 Å². The molecular weight excluding hydrogens is 352 g/mol. The summed E-state index contributed by atoms with van der Waals surface area (Å²) < 4.78 is 5.48. The van der Waals surface area contributed by atoms with Gasteiger partial charge in [0.1, 0.15) is 0 Å². The number of rotatable bonds is 4. The SMILES string of the molecule is CC1CC(NC(=O)c2cc(C3CC3)nc3onc(C(C)C)c23)CCN1.Cl. The van der Waals surface area contributed by atoms with Crippen molar-refractivity contribution in [2.75, 3.05) is 6.54 Å². The summed E-state index contributed by atoms with van der Waals surface area (Å²) in [7, 11) is 0. The minimum atomic E-state index is -0.0292. The Labute approximate surface area is 159 Å². The molecule has 0 bridgehead atoms. The summed E-state index contributed by atoms with van der Waals surface area (Å²) in [5.41, 5.74) is 2.94. The predicted molar refractivity (Wildman–Crippen MR) is 103 cm³/mol. The van der Waals surface area contributed by atoms with Crippen LogP contribution in [0.1, 0.15) is 80.0 Å². The monoisotopic (exact) mass is 378 g/mol. The van der Waals surface area contributed by atoms with Gasteiger partial charge >= 0.3 is 0 Å². The molecule has 1 aliphatic heterocycles. The van der Waals surface area contributed by atoms with Crippen molar-refractivity contribution in [1.82, 2.24) is 20.8 Å². The molecule has 0 spiro atoms. The highest BCUT2D eigenvalue weighted by Crippen LogP contribution is 2.41. The molecule has 0 aromatic carbocycles. The zero-order chi connectivity index (χ0) is 17.6. The summed E-state index contributed by atoms with van der Waals surface area (Å²) >= 11 is 0. The first kappa shape index (κ1) is 19.1. The Morgan fingerprint density at radius 3 is 2.77 bits per heavy atom. The van der Waals surface area contributed by atoms with Gasteiger partial charge in [-0.2, -0.15) is 0 Å². The van der Waals surface area contributed by atoms with E-state index in [0.717, 1.165) is 49.0 Å². The highest BCUT2D eigenvalue weighted by molar-refractivity contribution is 6.06. The number of nitrogens with one attached hydrogen (secondary N) is 2. The van der Waals surface area contributed by atoms with Gasteiger partial charge in [0.15, 0.2) is 0 Å². The van der Waals surface area contributed by atoms with Crippen molar-refractivity contribution < 1.29 is 9.32 Å². The lowest BCUT2D eigenvalue weighted by atomic mass is 9.98. The van der Waals surface area contributed by atoms with Crippen molar-refractivity contribution in [2.45, 2.75) is 70.4 Å². The first-order valence-corrected chi connectivity index (χ1v) is 9.37. The fraction of sp³-hybridized carbons (Fsp3) is 0.632. The molecule has 1 amide bonds. The molecule has 2 aromatic rings. The van der Waals surface area contributed by atoms with Crippen molar-refractivity contribution in [3.63, 3.8) is 0 Å². The molecule has 3 heterocycles. The Kier molecular flexibility index (Phi) is 5.53. The van der Waals surface area contributed by atoms with Crippen LogP contribution in [0.15, 0.2) is 10.6 Å². The van der Waals surface area contributed by atoms with Crippen LogP contribution in [0.25, 0.3) is 11.1 Å². The van der Waals surface area contributed by atoms with Gasteiger partial charge in [-0.05, 0) is 51.1 Å². The second-order valence-corrected chi connectivity index (χ2v) is 7.82. The number of aromatic nitrogens is 2. The Balaban J connectivity index is 0.00000196. The van der Waals surface area contributed by atoms with E-state index >= 15 is 0 Å². The van der Waals surface area contributed by atoms with Gasteiger partial charge in [-0.15, -0.1) is 12.4 Å². The molecule has 6 nitrogen and oxygen atoms in total. The Morgan fingerprint density at radius 1 is 1.35 bits per heavy atom. The maximum absolute atomic E-state index is 13.1. The second-order valence-electron chi connectivity index (χ2n) is 7.82. The van der Waals surface area contributed by atoms with Gasteiger partial charge in [-0.3, -0.25) is 4.79 Å². The third kappa shape index (κ3) is 3.71. The van der Waals surface area contributed by atoms with Gasteiger partial charge in [0, 0.05) is 23.7 Å². The molecule has 2 aliphatic rings. The third-order valence-electron chi connectivity index (χ3n) is 5.24. The van der Waals surface area contributed by atoms with E-state index < -0.39 is 0 Å². The van der Waals surface area contributed by atoms with Crippen molar-refractivity contribution in [3.8, 4) is 0 Å². The van der Waals surface area contributed by atoms with Crippen LogP contribution in [-0.4, -0.2) is 34.7 Å². The van der Waals surface area contributed by atoms with Crippen LogP contribution in [0.2, 0.25) is 0 Å². The maximum atomic E-state index is 13.1. The smallest absolute Gasteiger partial charge is 0.259 e. The van der Waals surface area contributed by atoms with Crippen LogP contribution in [0.4, 0.5) is 0 Å². The predicted octanol–water partition coefficient (Wildman–Crippen LogP) is 3.52. The maximum Gasteiger partial charge on any atom is 0.259 e. The summed E-state index contributed by atoms with van der Waals surface area (Å²) in [6, 6.07) is 2.60. The summed E-state index contributed by atoms with van der Waals surface area (Å²) in [6.07, 6.45) is 4.18. The molecule has 2 N–H and O–H groups in total. The molecule has 2 fully saturated rings. The van der Waals surface area contributed by atoms with Crippen molar-refractivity contribution in [1.29, 1.82) is 0 Å². The van der Waals surface area contributed by atoms with Crippen LogP contribution in [-0.2, 0) is 0 Å². The molecule has 7 heteroatoms. The molecule has 4 rings (SSSR count). The average Bonchev–Trinajstić information content (AvgIpc) is 3.33. The van der Waals surface area contributed by atoms with Crippen molar-refractivity contribution in [2.24, 2.45) is 0 Å². The third-order valence-corrected chi connectivity index (χ3v) is 5.24. The quantitative estimate of drug-likeness (QED) is 0.850. The Bertz CT molecular complexity index is 800. The molecule has 1 aliphatic carbocycles.